The van der Waals surface area contributed by atoms with E-state index in [9.17, 15) is 19.8 Å². The van der Waals surface area contributed by atoms with Crippen molar-refractivity contribution >= 4 is 11.9 Å². The van der Waals surface area contributed by atoms with Gasteiger partial charge in [0.1, 0.15) is 6.10 Å². The number of carbonyl (C=O) groups excluding carboxylic acids is 2. The van der Waals surface area contributed by atoms with Gasteiger partial charge in [-0.3, -0.25) is 9.59 Å². The lowest BCUT2D eigenvalue weighted by atomic mass is 10.0. The second kappa shape index (κ2) is 53.5. The zero-order valence-corrected chi connectivity index (χ0v) is 43.5. The second-order valence-corrected chi connectivity index (χ2v) is 18.3. The van der Waals surface area contributed by atoms with Crippen LogP contribution in [0.1, 0.15) is 239 Å². The maximum absolute atomic E-state index is 13.2. The molecule has 0 rings (SSSR count). The average molecular weight is 930 g/mol. The van der Waals surface area contributed by atoms with Crippen LogP contribution in [0.25, 0.3) is 0 Å². The Bertz CT molecular complexity index is 1370. The molecule has 382 valence electrons. The largest absolute Gasteiger partial charge is 0.462 e. The van der Waals surface area contributed by atoms with Gasteiger partial charge in [0.2, 0.25) is 5.91 Å². The molecule has 0 heterocycles. The lowest BCUT2D eigenvalue weighted by Gasteiger charge is -2.24. The third kappa shape index (κ3) is 48.8. The molecule has 0 aromatic heterocycles. The minimum absolute atomic E-state index is 0.0227. The first kappa shape index (κ1) is 63.5. The van der Waals surface area contributed by atoms with Gasteiger partial charge < -0.3 is 20.3 Å². The van der Waals surface area contributed by atoms with Crippen LogP contribution in [0.3, 0.4) is 0 Å². The average Bonchev–Trinajstić information content (AvgIpc) is 3.32. The third-order valence-corrected chi connectivity index (χ3v) is 11.9. The molecule has 3 unspecified atom stereocenters. The molecule has 0 spiro atoms. The van der Waals surface area contributed by atoms with E-state index in [1.165, 1.54) is 96.3 Å². The summed E-state index contributed by atoms with van der Waals surface area (Å²) in [6, 6.07) is -0.734. The van der Waals surface area contributed by atoms with Crippen molar-refractivity contribution in [2.75, 3.05) is 6.61 Å². The van der Waals surface area contributed by atoms with E-state index < -0.39 is 18.2 Å². The number of aliphatic hydroxyl groups excluding tert-OH is 2. The maximum atomic E-state index is 13.2. The van der Waals surface area contributed by atoms with Crippen LogP contribution in [0, 0.1) is 0 Å². The van der Waals surface area contributed by atoms with E-state index in [4.69, 9.17) is 4.74 Å². The van der Waals surface area contributed by atoms with E-state index in [2.05, 4.69) is 117 Å². The first-order valence-corrected chi connectivity index (χ1v) is 27.7. The lowest BCUT2D eigenvalue weighted by Crippen LogP contribution is -2.46. The number of unbranched alkanes of at least 4 members (excludes halogenated alkanes) is 21. The summed E-state index contributed by atoms with van der Waals surface area (Å²) in [6.45, 7) is 6.31. The Labute approximate surface area is 413 Å². The summed E-state index contributed by atoms with van der Waals surface area (Å²) in [5.74, 6) is -0.588. The molecule has 6 nitrogen and oxygen atoms in total. The van der Waals surface area contributed by atoms with Crippen LogP contribution in [0.5, 0.6) is 0 Å². The number of amides is 1. The molecule has 0 aliphatic rings. The summed E-state index contributed by atoms with van der Waals surface area (Å²) in [6.07, 6.45) is 72.9. The number of hydrogen-bond donors (Lipinski definition) is 3. The first-order valence-electron chi connectivity index (χ1n) is 27.7. The van der Waals surface area contributed by atoms with E-state index in [0.717, 1.165) is 89.9 Å². The van der Waals surface area contributed by atoms with E-state index in [0.29, 0.717) is 25.7 Å². The van der Waals surface area contributed by atoms with E-state index in [-0.39, 0.29) is 24.9 Å². The van der Waals surface area contributed by atoms with Crippen LogP contribution in [0.2, 0.25) is 0 Å². The number of allylic oxidation sites excluding steroid dienone is 18. The van der Waals surface area contributed by atoms with E-state index >= 15 is 0 Å². The molecular weight excluding hydrogens is 827 g/mol. The highest BCUT2D eigenvalue weighted by Gasteiger charge is 2.24. The van der Waals surface area contributed by atoms with Gasteiger partial charge >= 0.3 is 5.97 Å². The van der Waals surface area contributed by atoms with E-state index in [1.807, 2.05) is 18.2 Å². The topological polar surface area (TPSA) is 95.9 Å². The molecule has 0 saturated carbocycles. The molecule has 0 fully saturated rings. The highest BCUT2D eigenvalue weighted by atomic mass is 16.5. The SMILES string of the molecule is CC/C=C\C/C=C\C/C=C\C/C=C\C/C=C\CCCC(=O)OC(CCCCC/C=C/C=C/C=C/C=C/CCCCC)CC(=O)NC(CO)C(O)CCCCCCCCCCCCCCCCC. The van der Waals surface area contributed by atoms with Crippen molar-refractivity contribution < 1.29 is 24.5 Å². The highest BCUT2D eigenvalue weighted by Crippen LogP contribution is 2.17. The summed E-state index contributed by atoms with van der Waals surface area (Å²) in [7, 11) is 0. The van der Waals surface area contributed by atoms with Gasteiger partial charge in [-0.2, -0.15) is 0 Å². The Balaban J connectivity index is 4.76. The molecule has 3 N–H and O–H groups in total. The molecule has 0 aliphatic heterocycles. The van der Waals surface area contributed by atoms with Crippen LogP contribution >= 0.6 is 0 Å². The van der Waals surface area contributed by atoms with Gasteiger partial charge in [-0.1, -0.05) is 246 Å². The van der Waals surface area contributed by atoms with Crippen LogP contribution in [0.4, 0.5) is 0 Å². The summed E-state index contributed by atoms with van der Waals surface area (Å²) < 4.78 is 5.90. The molecule has 0 bridgehead atoms. The Hall–Kier alpha value is -3.48. The number of rotatable bonds is 48. The van der Waals surface area contributed by atoms with Crippen LogP contribution in [-0.4, -0.2) is 46.9 Å². The summed E-state index contributed by atoms with van der Waals surface area (Å²) in [4.78, 5) is 26.2. The lowest BCUT2D eigenvalue weighted by molar-refractivity contribution is -0.151. The zero-order chi connectivity index (χ0) is 48.8. The van der Waals surface area contributed by atoms with Crippen LogP contribution in [0.15, 0.2) is 109 Å². The Morgan fingerprint density at radius 3 is 1.37 bits per heavy atom. The maximum Gasteiger partial charge on any atom is 0.306 e. The number of hydrogen-bond acceptors (Lipinski definition) is 5. The molecule has 1 amide bonds. The Morgan fingerprint density at radius 2 is 0.866 bits per heavy atom. The zero-order valence-electron chi connectivity index (χ0n) is 43.5. The number of aliphatic hydroxyl groups is 2. The molecule has 0 aromatic rings. The van der Waals surface area contributed by atoms with Crippen LogP contribution < -0.4 is 5.32 Å². The van der Waals surface area contributed by atoms with Crippen molar-refractivity contribution in [2.24, 2.45) is 0 Å². The summed E-state index contributed by atoms with van der Waals surface area (Å²) >= 11 is 0. The third-order valence-electron chi connectivity index (χ3n) is 11.9. The summed E-state index contributed by atoms with van der Waals surface area (Å²) in [5.41, 5.74) is 0. The minimum Gasteiger partial charge on any atom is -0.462 e. The number of carbonyl (C=O) groups is 2. The molecule has 6 heteroatoms. The van der Waals surface area contributed by atoms with Crippen LogP contribution in [-0.2, 0) is 14.3 Å². The standard InChI is InChI=1S/C61H103NO5/c1-4-7-10-13-16-19-22-25-28-30-33-36-39-42-45-48-51-54-61(66)67-57(52-49-46-43-40-37-34-32-29-26-23-20-17-14-11-8-5-2)55-60(65)62-58(56-63)59(64)53-50-47-44-41-38-35-31-27-24-21-18-15-12-9-6-3/h7,10,16-17,19-20,23,25-26,28-29,32-34,36-37,42,45,57-59,63-64H,4-6,8-9,11-15,18,21-22,24,27,30-31,35,38-41,43-44,46-56H2,1-3H3,(H,62,65)/b10-7-,19-16-,20-17+,26-23+,28-25-,32-29+,36-33-,37-34+,45-42-. The normalized spacial score (nSPS) is 14.0. The van der Waals surface area contributed by atoms with Gasteiger partial charge in [-0.25, -0.2) is 0 Å². The van der Waals surface area contributed by atoms with Crippen molar-refractivity contribution in [1.82, 2.24) is 5.32 Å². The van der Waals surface area contributed by atoms with Gasteiger partial charge in [0.25, 0.3) is 0 Å². The van der Waals surface area contributed by atoms with E-state index in [1.54, 1.807) is 0 Å². The van der Waals surface area contributed by atoms with Crippen molar-refractivity contribution in [3.05, 3.63) is 109 Å². The smallest absolute Gasteiger partial charge is 0.306 e. The van der Waals surface area contributed by atoms with Gasteiger partial charge in [0.15, 0.2) is 0 Å². The quantitative estimate of drug-likeness (QED) is 0.0244. The first-order chi connectivity index (χ1) is 33.0. The molecule has 0 aliphatic carbocycles. The Morgan fingerprint density at radius 1 is 0.463 bits per heavy atom. The fraction of sp³-hybridized carbons (Fsp3) is 0.672. The molecule has 0 aromatic carbocycles. The summed E-state index contributed by atoms with van der Waals surface area (Å²) in [5, 5.41) is 23.8. The molecule has 0 saturated heterocycles. The van der Waals surface area contributed by atoms with Gasteiger partial charge in [-0.15, -0.1) is 0 Å². The number of nitrogens with one attached hydrogen (secondary N) is 1. The highest BCUT2D eigenvalue weighted by molar-refractivity contribution is 5.77. The fourth-order valence-corrected chi connectivity index (χ4v) is 7.77. The fourth-order valence-electron chi connectivity index (χ4n) is 7.77. The van der Waals surface area contributed by atoms with Gasteiger partial charge in [0.05, 0.1) is 25.2 Å². The molecule has 67 heavy (non-hydrogen) atoms. The molecule has 3 atom stereocenters. The predicted octanol–water partition coefficient (Wildman–Crippen LogP) is 17.1. The predicted molar refractivity (Wildman–Crippen MR) is 291 cm³/mol. The minimum atomic E-state index is -0.816. The van der Waals surface area contributed by atoms with Crippen molar-refractivity contribution in [1.29, 1.82) is 0 Å². The second-order valence-electron chi connectivity index (χ2n) is 18.3. The van der Waals surface area contributed by atoms with Crippen molar-refractivity contribution in [2.45, 2.75) is 257 Å². The number of esters is 1. The van der Waals surface area contributed by atoms with Gasteiger partial charge in [0, 0.05) is 6.42 Å². The number of ether oxygens (including phenoxy) is 1. The molecular formula is C61H103NO5. The van der Waals surface area contributed by atoms with Crippen molar-refractivity contribution in [3.8, 4) is 0 Å². The van der Waals surface area contributed by atoms with Gasteiger partial charge in [-0.05, 0) is 89.9 Å². The molecule has 0 radical (unpaired) electrons. The monoisotopic (exact) mass is 930 g/mol. The Kier molecular flexibility index (Phi) is 50.7. The van der Waals surface area contributed by atoms with Crippen molar-refractivity contribution in [3.63, 3.8) is 0 Å².